The topological polar surface area (TPSA) is 37.3 Å². The fourth-order valence-electron chi connectivity index (χ4n) is 2.48. The van der Waals surface area contributed by atoms with Gasteiger partial charge in [-0.2, -0.15) is 0 Å². The van der Waals surface area contributed by atoms with E-state index in [1.807, 2.05) is 6.92 Å². The minimum Gasteiger partial charge on any atom is -0.481 e. The number of carboxylic acids is 1. The van der Waals surface area contributed by atoms with Crippen LogP contribution in [0.15, 0.2) is 11.6 Å². The van der Waals surface area contributed by atoms with E-state index in [1.54, 1.807) is 0 Å². The molecule has 0 spiro atoms. The third kappa shape index (κ3) is 5.90. The third-order valence-electron chi connectivity index (χ3n) is 3.75. The summed E-state index contributed by atoms with van der Waals surface area (Å²) in [5, 5.41) is 9.08. The normalized spacial score (nSPS) is 24.9. The van der Waals surface area contributed by atoms with Crippen molar-refractivity contribution in [3.63, 3.8) is 0 Å². The molecule has 1 rings (SSSR count). The quantitative estimate of drug-likeness (QED) is 0.717. The first-order valence-corrected chi connectivity index (χ1v) is 7.13. The second-order valence-corrected chi connectivity index (χ2v) is 5.21. The number of allylic oxidation sites excluding steroid dienone is 1. The maximum Gasteiger partial charge on any atom is 0.310 e. The molecule has 0 amide bonds. The Morgan fingerprint density at radius 2 is 1.59 bits per heavy atom. The fourth-order valence-corrected chi connectivity index (χ4v) is 2.48. The average molecular weight is 238 g/mol. The van der Waals surface area contributed by atoms with Gasteiger partial charge < -0.3 is 5.11 Å². The van der Waals surface area contributed by atoms with Crippen molar-refractivity contribution in [2.75, 3.05) is 0 Å². The van der Waals surface area contributed by atoms with E-state index in [1.165, 1.54) is 44.9 Å². The molecule has 0 aromatic rings. The molecule has 1 aliphatic carbocycles. The van der Waals surface area contributed by atoms with Crippen LogP contribution in [0.4, 0.5) is 0 Å². The van der Waals surface area contributed by atoms with Crippen molar-refractivity contribution in [1.82, 2.24) is 0 Å². The molecule has 17 heavy (non-hydrogen) atoms. The predicted octanol–water partition coefficient (Wildman–Crippen LogP) is 4.55. The molecular formula is C15H26O2. The molecule has 1 aliphatic rings. The van der Waals surface area contributed by atoms with Gasteiger partial charge in [0.2, 0.25) is 0 Å². The molecule has 98 valence electrons. The van der Waals surface area contributed by atoms with Crippen molar-refractivity contribution >= 4 is 5.97 Å². The summed E-state index contributed by atoms with van der Waals surface area (Å²) in [7, 11) is 0. The highest BCUT2D eigenvalue weighted by molar-refractivity contribution is 5.73. The summed E-state index contributed by atoms with van der Waals surface area (Å²) >= 11 is 0. The van der Waals surface area contributed by atoms with Crippen LogP contribution >= 0.6 is 0 Å². The molecule has 1 unspecified atom stereocenters. The molecule has 0 radical (unpaired) electrons. The van der Waals surface area contributed by atoms with E-state index in [-0.39, 0.29) is 5.92 Å². The standard InChI is InChI=1S/C15H26O2/c1-13(15(16)17)14-11-9-7-5-3-2-4-6-8-10-12-14/h11,13H,2-10,12H2,1H3,(H,16,17)/b14-11+. The van der Waals surface area contributed by atoms with Crippen molar-refractivity contribution in [2.45, 2.75) is 71.1 Å². The molecule has 1 atom stereocenters. The van der Waals surface area contributed by atoms with Gasteiger partial charge in [0.15, 0.2) is 0 Å². The second-order valence-electron chi connectivity index (χ2n) is 5.21. The van der Waals surface area contributed by atoms with E-state index in [4.69, 9.17) is 5.11 Å². The molecule has 0 heterocycles. The van der Waals surface area contributed by atoms with Crippen LogP contribution in [0.2, 0.25) is 0 Å². The van der Waals surface area contributed by atoms with Crippen LogP contribution in [0.3, 0.4) is 0 Å². The SMILES string of the molecule is CC(C(=O)O)/C1=C/CCCCCCCCCC1. The van der Waals surface area contributed by atoms with Gasteiger partial charge in [-0.1, -0.05) is 50.2 Å². The van der Waals surface area contributed by atoms with Gasteiger partial charge in [-0.25, -0.2) is 0 Å². The first-order chi connectivity index (χ1) is 8.22. The van der Waals surface area contributed by atoms with Gasteiger partial charge in [-0.05, 0) is 32.6 Å². The summed E-state index contributed by atoms with van der Waals surface area (Å²) in [5.74, 6) is -0.971. The minimum atomic E-state index is -0.677. The van der Waals surface area contributed by atoms with Gasteiger partial charge >= 0.3 is 5.97 Å². The number of hydrogen-bond acceptors (Lipinski definition) is 1. The fraction of sp³-hybridized carbons (Fsp3) is 0.800. The molecular weight excluding hydrogens is 212 g/mol. The Balaban J connectivity index is 2.53. The number of carbonyl (C=O) groups is 1. The Morgan fingerprint density at radius 1 is 1.06 bits per heavy atom. The molecule has 0 fully saturated rings. The molecule has 0 bridgehead atoms. The summed E-state index contributed by atoms with van der Waals surface area (Å²) in [6, 6.07) is 0. The Labute approximate surface area is 105 Å². The molecule has 0 saturated carbocycles. The van der Waals surface area contributed by atoms with Crippen molar-refractivity contribution in [3.05, 3.63) is 11.6 Å². The van der Waals surface area contributed by atoms with E-state index >= 15 is 0 Å². The zero-order valence-corrected chi connectivity index (χ0v) is 11.1. The first kappa shape index (κ1) is 14.3. The lowest BCUT2D eigenvalue weighted by Crippen LogP contribution is -2.12. The van der Waals surface area contributed by atoms with Crippen molar-refractivity contribution in [3.8, 4) is 0 Å². The number of aliphatic carboxylic acids is 1. The summed E-state index contributed by atoms with van der Waals surface area (Å²) < 4.78 is 0. The Bertz CT molecular complexity index is 256. The molecule has 0 saturated heterocycles. The van der Waals surface area contributed by atoms with E-state index in [9.17, 15) is 4.79 Å². The number of carboxylic acid groups (broad SMARTS) is 1. The number of rotatable bonds is 2. The van der Waals surface area contributed by atoms with E-state index < -0.39 is 5.97 Å². The van der Waals surface area contributed by atoms with Gasteiger partial charge in [0, 0.05) is 0 Å². The summed E-state index contributed by atoms with van der Waals surface area (Å²) in [5.41, 5.74) is 1.15. The Hall–Kier alpha value is -0.790. The van der Waals surface area contributed by atoms with E-state index in [0.717, 1.165) is 24.8 Å². The minimum absolute atomic E-state index is 0.294. The smallest absolute Gasteiger partial charge is 0.310 e. The number of hydrogen-bond donors (Lipinski definition) is 1. The third-order valence-corrected chi connectivity index (χ3v) is 3.75. The van der Waals surface area contributed by atoms with Crippen molar-refractivity contribution in [2.24, 2.45) is 5.92 Å². The Kier molecular flexibility index (Phi) is 6.99. The Morgan fingerprint density at radius 3 is 2.18 bits per heavy atom. The van der Waals surface area contributed by atoms with Gasteiger partial charge in [0.25, 0.3) is 0 Å². The zero-order chi connectivity index (χ0) is 12.5. The lowest BCUT2D eigenvalue weighted by atomic mass is 9.93. The van der Waals surface area contributed by atoms with Crippen LogP contribution in [0, 0.1) is 5.92 Å². The van der Waals surface area contributed by atoms with Crippen LogP contribution in [0.25, 0.3) is 0 Å². The van der Waals surface area contributed by atoms with Crippen LogP contribution < -0.4 is 0 Å². The van der Waals surface area contributed by atoms with Gasteiger partial charge in [-0.3, -0.25) is 4.79 Å². The molecule has 0 aromatic heterocycles. The van der Waals surface area contributed by atoms with E-state index in [2.05, 4.69) is 6.08 Å². The van der Waals surface area contributed by atoms with Crippen LogP contribution in [-0.4, -0.2) is 11.1 Å². The average Bonchev–Trinajstić information content (AvgIpc) is 2.29. The maximum absolute atomic E-state index is 11.0. The van der Waals surface area contributed by atoms with E-state index in [0.29, 0.717) is 0 Å². The highest BCUT2D eigenvalue weighted by atomic mass is 16.4. The van der Waals surface area contributed by atoms with Gasteiger partial charge in [-0.15, -0.1) is 0 Å². The van der Waals surface area contributed by atoms with Crippen LogP contribution in [0.1, 0.15) is 71.1 Å². The van der Waals surface area contributed by atoms with Crippen molar-refractivity contribution < 1.29 is 9.90 Å². The predicted molar refractivity (Wildman–Crippen MR) is 71.1 cm³/mol. The van der Waals surface area contributed by atoms with Crippen molar-refractivity contribution in [1.29, 1.82) is 0 Å². The first-order valence-electron chi connectivity index (χ1n) is 7.13. The van der Waals surface area contributed by atoms with Gasteiger partial charge in [0.1, 0.15) is 0 Å². The maximum atomic E-state index is 11.0. The molecule has 0 aliphatic heterocycles. The highest BCUT2D eigenvalue weighted by Gasteiger charge is 2.15. The zero-order valence-electron chi connectivity index (χ0n) is 11.1. The molecule has 2 nitrogen and oxygen atoms in total. The molecule has 2 heteroatoms. The largest absolute Gasteiger partial charge is 0.481 e. The van der Waals surface area contributed by atoms with Crippen LogP contribution in [-0.2, 0) is 4.79 Å². The summed E-state index contributed by atoms with van der Waals surface area (Å²) in [6.07, 6.45) is 14.6. The lowest BCUT2D eigenvalue weighted by Gasteiger charge is -2.13. The molecule has 0 aromatic carbocycles. The lowest BCUT2D eigenvalue weighted by molar-refractivity contribution is -0.139. The monoisotopic (exact) mass is 238 g/mol. The summed E-state index contributed by atoms with van der Waals surface area (Å²) in [6.45, 7) is 1.82. The molecule has 1 N–H and O–H groups in total. The van der Waals surface area contributed by atoms with Crippen LogP contribution in [0.5, 0.6) is 0 Å². The van der Waals surface area contributed by atoms with Gasteiger partial charge in [0.05, 0.1) is 5.92 Å². The second kappa shape index (κ2) is 8.32. The summed E-state index contributed by atoms with van der Waals surface area (Å²) in [4.78, 5) is 11.0. The highest BCUT2D eigenvalue weighted by Crippen LogP contribution is 2.22.